The molecule has 0 bridgehead atoms. The van der Waals surface area contributed by atoms with Gasteiger partial charge < -0.3 is 15.2 Å². The number of amides is 1. The Morgan fingerprint density at radius 2 is 2.44 bits per heavy atom. The van der Waals surface area contributed by atoms with E-state index in [0.717, 1.165) is 16.2 Å². The van der Waals surface area contributed by atoms with Gasteiger partial charge in [-0.1, -0.05) is 0 Å². The zero-order chi connectivity index (χ0) is 11.5. The molecule has 0 fully saturated rings. The van der Waals surface area contributed by atoms with Crippen molar-refractivity contribution >= 4 is 31.1 Å². The van der Waals surface area contributed by atoms with Gasteiger partial charge in [0.25, 0.3) is 0 Å². The van der Waals surface area contributed by atoms with Gasteiger partial charge in [-0.2, -0.15) is 0 Å². The molecule has 0 aromatic heterocycles. The summed E-state index contributed by atoms with van der Waals surface area (Å²) in [4.78, 5) is 11.8. The van der Waals surface area contributed by atoms with E-state index < -0.39 is 6.09 Å². The first-order valence-corrected chi connectivity index (χ1v) is 7.38. The normalized spacial score (nSPS) is 18.4. The summed E-state index contributed by atoms with van der Waals surface area (Å²) in [7, 11) is 1.45. The van der Waals surface area contributed by atoms with Crippen LogP contribution in [0.15, 0.2) is 23.1 Å². The Hall–Kier alpha value is -0.880. The monoisotopic (exact) mass is 303 g/mol. The van der Waals surface area contributed by atoms with E-state index in [1.165, 1.54) is 10.2 Å². The third kappa shape index (κ3) is 2.44. The molecule has 2 rings (SSSR count). The summed E-state index contributed by atoms with van der Waals surface area (Å²) < 4.78 is 10.5. The molecule has 0 spiro atoms. The van der Waals surface area contributed by atoms with Crippen molar-refractivity contribution in [3.05, 3.63) is 23.8 Å². The fourth-order valence-electron chi connectivity index (χ4n) is 1.65. The molecule has 1 aromatic carbocycles. The van der Waals surface area contributed by atoms with Crippen molar-refractivity contribution in [2.45, 2.75) is 17.4 Å². The molecule has 86 valence electrons. The number of hydrogen-bond donors (Lipinski definition) is 1. The van der Waals surface area contributed by atoms with Crippen molar-refractivity contribution < 1.29 is 14.3 Å². The molecule has 0 saturated carbocycles. The van der Waals surface area contributed by atoms with Gasteiger partial charge in [0.2, 0.25) is 0 Å². The minimum atomic E-state index is -0.755. The highest BCUT2D eigenvalue weighted by Crippen LogP contribution is 2.38. The third-order valence-corrected chi connectivity index (χ3v) is 3.87. The van der Waals surface area contributed by atoms with Crippen molar-refractivity contribution in [1.82, 2.24) is 0 Å². The maximum absolute atomic E-state index is 10.8. The molecular weight excluding hydrogens is 294 g/mol. The van der Waals surface area contributed by atoms with Crippen molar-refractivity contribution in [2.75, 3.05) is 6.61 Å². The van der Waals surface area contributed by atoms with Crippen LogP contribution in [0.25, 0.3) is 0 Å². The summed E-state index contributed by atoms with van der Waals surface area (Å²) in [5.41, 5.74) is 5.90. The highest BCUT2D eigenvalue weighted by atomic mass is 79.9. The van der Waals surface area contributed by atoms with Gasteiger partial charge in [0.15, 0.2) is 0 Å². The molecule has 1 unspecified atom stereocenters. The number of carbonyl (C=O) groups is 1. The van der Waals surface area contributed by atoms with E-state index in [4.69, 9.17) is 15.2 Å². The number of benzene rings is 1. The van der Waals surface area contributed by atoms with Crippen LogP contribution >= 0.6 is 25.0 Å². The van der Waals surface area contributed by atoms with E-state index >= 15 is 0 Å². The van der Waals surface area contributed by atoms with Crippen LogP contribution < -0.4 is 10.5 Å². The maximum atomic E-state index is 10.8. The van der Waals surface area contributed by atoms with Crippen LogP contribution in [0, 0.1) is 0 Å². The SMILES string of the molecule is NC(=O)OC1CCOc2ccc(SBr)cc21. The van der Waals surface area contributed by atoms with E-state index in [1.807, 2.05) is 18.2 Å². The van der Waals surface area contributed by atoms with E-state index in [2.05, 4.69) is 14.8 Å². The zero-order valence-corrected chi connectivity index (χ0v) is 10.7. The lowest BCUT2D eigenvalue weighted by molar-refractivity contribution is 0.0763. The number of fused-ring (bicyclic) bond motifs is 1. The Balaban J connectivity index is 2.31. The lowest BCUT2D eigenvalue weighted by atomic mass is 10.0. The molecular formula is C10H10BrNO3S. The minimum Gasteiger partial charge on any atom is -0.493 e. The fourth-order valence-corrected chi connectivity index (χ4v) is 2.55. The van der Waals surface area contributed by atoms with Crippen LogP contribution in [0.2, 0.25) is 0 Å². The smallest absolute Gasteiger partial charge is 0.405 e. The molecule has 6 heteroatoms. The first-order chi connectivity index (χ1) is 7.70. The molecule has 1 atom stereocenters. The second kappa shape index (κ2) is 4.97. The van der Waals surface area contributed by atoms with Crippen LogP contribution in [-0.2, 0) is 4.74 Å². The molecule has 16 heavy (non-hydrogen) atoms. The van der Waals surface area contributed by atoms with E-state index in [9.17, 15) is 4.79 Å². The van der Waals surface area contributed by atoms with Crippen LogP contribution in [0.4, 0.5) is 4.79 Å². The van der Waals surface area contributed by atoms with Gasteiger partial charge in [-0.25, -0.2) is 4.79 Å². The molecule has 4 nitrogen and oxygen atoms in total. The molecule has 0 aliphatic carbocycles. The Kier molecular flexibility index (Phi) is 3.60. The van der Waals surface area contributed by atoms with Gasteiger partial charge in [0.1, 0.15) is 11.9 Å². The lowest BCUT2D eigenvalue weighted by Crippen LogP contribution is -2.22. The predicted octanol–water partition coefficient (Wildman–Crippen LogP) is 3.01. The molecule has 0 saturated heterocycles. The summed E-state index contributed by atoms with van der Waals surface area (Å²) in [6.07, 6.45) is -0.428. The second-order valence-electron chi connectivity index (χ2n) is 3.34. The van der Waals surface area contributed by atoms with Gasteiger partial charge in [-0.15, -0.1) is 0 Å². The first kappa shape index (κ1) is 11.6. The zero-order valence-electron chi connectivity index (χ0n) is 8.31. The summed E-state index contributed by atoms with van der Waals surface area (Å²) in [5, 5.41) is 0. The minimum absolute atomic E-state index is 0.305. The van der Waals surface area contributed by atoms with Gasteiger partial charge in [0.05, 0.1) is 6.61 Å². The summed E-state index contributed by atoms with van der Waals surface area (Å²) in [6, 6.07) is 5.74. The average Bonchev–Trinajstić information content (AvgIpc) is 2.28. The van der Waals surface area contributed by atoms with Crippen LogP contribution in [0.5, 0.6) is 5.75 Å². The lowest BCUT2D eigenvalue weighted by Gasteiger charge is -2.25. The topological polar surface area (TPSA) is 61.6 Å². The second-order valence-corrected chi connectivity index (χ2v) is 4.94. The van der Waals surface area contributed by atoms with Crippen LogP contribution in [0.3, 0.4) is 0 Å². The van der Waals surface area contributed by atoms with Crippen molar-refractivity contribution in [1.29, 1.82) is 0 Å². The average molecular weight is 304 g/mol. The quantitative estimate of drug-likeness (QED) is 0.912. The number of nitrogens with two attached hydrogens (primary N) is 1. The number of ether oxygens (including phenoxy) is 2. The first-order valence-electron chi connectivity index (χ1n) is 4.72. The molecule has 0 radical (unpaired) electrons. The van der Waals surface area contributed by atoms with Crippen molar-refractivity contribution in [2.24, 2.45) is 5.73 Å². The van der Waals surface area contributed by atoms with Crippen LogP contribution in [0.1, 0.15) is 18.1 Å². The predicted molar refractivity (Wildman–Crippen MR) is 64.7 cm³/mol. The third-order valence-electron chi connectivity index (χ3n) is 2.31. The van der Waals surface area contributed by atoms with Gasteiger partial charge in [0, 0.05) is 16.9 Å². The fraction of sp³-hybridized carbons (Fsp3) is 0.300. The molecule has 2 N–H and O–H groups in total. The molecule has 1 aromatic rings. The van der Waals surface area contributed by atoms with Crippen molar-refractivity contribution in [3.63, 3.8) is 0 Å². The maximum Gasteiger partial charge on any atom is 0.405 e. The Labute approximate surface area is 105 Å². The summed E-state index contributed by atoms with van der Waals surface area (Å²) >= 11 is 3.30. The van der Waals surface area contributed by atoms with E-state index in [-0.39, 0.29) is 6.10 Å². The molecule has 1 amide bonds. The molecule has 1 heterocycles. The Bertz CT molecular complexity index is 413. The van der Waals surface area contributed by atoms with Gasteiger partial charge in [-0.3, -0.25) is 0 Å². The van der Waals surface area contributed by atoms with Crippen molar-refractivity contribution in [3.8, 4) is 5.75 Å². The summed E-state index contributed by atoms with van der Waals surface area (Å²) in [5.74, 6) is 0.753. The number of primary amides is 1. The van der Waals surface area contributed by atoms with Gasteiger partial charge >= 0.3 is 6.09 Å². The largest absolute Gasteiger partial charge is 0.493 e. The highest BCUT2D eigenvalue weighted by Gasteiger charge is 2.24. The van der Waals surface area contributed by atoms with Crippen LogP contribution in [-0.4, -0.2) is 12.7 Å². The number of halogens is 1. The van der Waals surface area contributed by atoms with Gasteiger partial charge in [-0.05, 0) is 43.2 Å². The molecule has 1 aliphatic rings. The number of carbonyl (C=O) groups excluding carboxylic acids is 1. The highest BCUT2D eigenvalue weighted by molar-refractivity contribution is 9.50. The standard InChI is InChI=1S/C10H10BrNO3S/c11-16-6-1-2-8-7(5-6)9(3-4-14-8)15-10(12)13/h1-2,5,9H,3-4H2,(H2,12,13). The number of hydrogen-bond acceptors (Lipinski definition) is 4. The van der Waals surface area contributed by atoms with E-state index in [1.54, 1.807) is 0 Å². The summed E-state index contributed by atoms with van der Waals surface area (Å²) in [6.45, 7) is 0.533. The van der Waals surface area contributed by atoms with E-state index in [0.29, 0.717) is 13.0 Å². The Morgan fingerprint density at radius 1 is 1.62 bits per heavy atom. The Morgan fingerprint density at radius 3 is 3.12 bits per heavy atom. The number of rotatable bonds is 2. The molecule has 1 aliphatic heterocycles.